The van der Waals surface area contributed by atoms with Gasteiger partial charge in [0, 0.05) is 25.9 Å². The molecule has 45 heavy (non-hydrogen) atoms. The maximum absolute atomic E-state index is 13.7. The van der Waals surface area contributed by atoms with E-state index in [1.54, 1.807) is 24.3 Å². The first kappa shape index (κ1) is 28.3. The molecule has 2 N–H and O–H groups in total. The number of phenols is 1. The molecule has 15 heteroatoms. The number of methoxy groups -OCH3 is 2. The first-order valence-corrected chi connectivity index (χ1v) is 14.1. The monoisotopic (exact) mass is 619 g/mol. The number of phenolic OH excluding ortho intramolecular Hbond substituents is 1. The Morgan fingerprint density at radius 2 is 1.67 bits per heavy atom. The van der Waals surface area contributed by atoms with Crippen molar-refractivity contribution in [2.45, 2.75) is 18.5 Å². The summed E-state index contributed by atoms with van der Waals surface area (Å²) in [5.41, 5.74) is 1.17. The summed E-state index contributed by atoms with van der Waals surface area (Å²) < 4.78 is 31.3. The minimum atomic E-state index is -0.724. The molecule has 3 aliphatic rings. The summed E-state index contributed by atoms with van der Waals surface area (Å²) in [7, 11) is 5.69. The maximum atomic E-state index is 13.7. The Morgan fingerprint density at radius 1 is 1.00 bits per heavy atom. The van der Waals surface area contributed by atoms with Crippen LogP contribution in [-0.2, 0) is 35.0 Å². The molecule has 1 saturated heterocycles. The Kier molecular flexibility index (Phi) is 6.49. The molecule has 1 amide bonds. The van der Waals surface area contributed by atoms with Crippen LogP contribution in [0.3, 0.4) is 0 Å². The largest absolute Gasteiger partial charge is 0.502 e. The molecule has 2 aromatic carbocycles. The van der Waals surface area contributed by atoms with Crippen LogP contribution in [-0.4, -0.2) is 63.3 Å². The average molecular weight is 620 g/mol. The van der Waals surface area contributed by atoms with E-state index in [4.69, 9.17) is 23.7 Å². The number of fused-ring (bicyclic) bond motifs is 4. The van der Waals surface area contributed by atoms with E-state index in [1.165, 1.54) is 43.8 Å². The number of esters is 1. The van der Waals surface area contributed by atoms with E-state index < -0.39 is 46.9 Å². The van der Waals surface area contributed by atoms with Crippen LogP contribution in [0.15, 0.2) is 40.2 Å². The number of imidazole rings is 1. The summed E-state index contributed by atoms with van der Waals surface area (Å²) in [6, 6.07) is 6.20. The Balaban J connectivity index is 1.32. The number of amides is 1. The fourth-order valence-electron chi connectivity index (χ4n) is 6.73. The quantitative estimate of drug-likeness (QED) is 0.291. The van der Waals surface area contributed by atoms with Crippen LogP contribution in [0.1, 0.15) is 28.7 Å². The second-order valence-electron chi connectivity index (χ2n) is 11.2. The van der Waals surface area contributed by atoms with Gasteiger partial charge in [-0.2, -0.15) is 0 Å². The van der Waals surface area contributed by atoms with Crippen LogP contribution >= 0.6 is 0 Å². The van der Waals surface area contributed by atoms with Crippen molar-refractivity contribution in [1.82, 2.24) is 24.0 Å². The first-order valence-electron chi connectivity index (χ1n) is 14.1. The summed E-state index contributed by atoms with van der Waals surface area (Å²) in [4.78, 5) is 56.5. The zero-order chi connectivity index (χ0) is 31.7. The lowest BCUT2D eigenvalue weighted by molar-refractivity contribution is -0.141. The van der Waals surface area contributed by atoms with E-state index in [0.717, 1.165) is 4.57 Å². The predicted octanol–water partition coefficient (Wildman–Crippen LogP) is 0.677. The van der Waals surface area contributed by atoms with Gasteiger partial charge in [-0.15, -0.1) is 0 Å². The van der Waals surface area contributed by atoms with Crippen molar-refractivity contribution in [3.63, 3.8) is 0 Å². The molecule has 1 aliphatic carbocycles. The highest BCUT2D eigenvalue weighted by Gasteiger charge is 2.53. The number of nitrogens with one attached hydrogen (secondary N) is 1. The van der Waals surface area contributed by atoms with Crippen molar-refractivity contribution in [2.75, 3.05) is 27.6 Å². The van der Waals surface area contributed by atoms with Crippen LogP contribution in [0.25, 0.3) is 11.2 Å². The van der Waals surface area contributed by atoms with Crippen LogP contribution in [0.4, 0.5) is 0 Å². The van der Waals surface area contributed by atoms with Gasteiger partial charge in [-0.05, 0) is 41.0 Å². The zero-order valence-electron chi connectivity index (χ0n) is 24.7. The topological polar surface area (TPSA) is 174 Å². The summed E-state index contributed by atoms with van der Waals surface area (Å²) in [6.07, 6.45) is 1.34. The number of aryl methyl sites for hydroxylation is 1. The van der Waals surface area contributed by atoms with Crippen molar-refractivity contribution < 1.29 is 38.4 Å². The molecule has 0 saturated carbocycles. The zero-order valence-corrected chi connectivity index (χ0v) is 24.7. The van der Waals surface area contributed by atoms with E-state index >= 15 is 0 Å². The van der Waals surface area contributed by atoms with E-state index in [0.29, 0.717) is 28.2 Å². The van der Waals surface area contributed by atoms with Gasteiger partial charge in [0.1, 0.15) is 6.54 Å². The molecule has 0 bridgehead atoms. The second kappa shape index (κ2) is 10.3. The van der Waals surface area contributed by atoms with Crippen LogP contribution in [0.2, 0.25) is 0 Å². The number of rotatable bonds is 6. The highest BCUT2D eigenvalue weighted by molar-refractivity contribution is 5.82. The SMILES string of the molecule is COc1cc([C@@H]2c3cc4c(cc3[C@@H](NC(=O)Cn3cnc5c3c(=O)n(C)c(=O)n5C)[C@H]3COC(=O)[C@H]23)OCO4)cc(OC)c1O. The number of ether oxygens (including phenoxy) is 5. The van der Waals surface area contributed by atoms with Crippen molar-refractivity contribution in [1.29, 1.82) is 0 Å². The van der Waals surface area contributed by atoms with Gasteiger partial charge in [0.15, 0.2) is 34.2 Å². The van der Waals surface area contributed by atoms with Gasteiger partial charge in [-0.1, -0.05) is 0 Å². The summed E-state index contributed by atoms with van der Waals surface area (Å²) in [6.45, 7) is -0.217. The van der Waals surface area contributed by atoms with Gasteiger partial charge >= 0.3 is 11.7 Å². The van der Waals surface area contributed by atoms with Gasteiger partial charge in [0.05, 0.1) is 39.1 Å². The lowest BCUT2D eigenvalue weighted by Crippen LogP contribution is -2.44. The van der Waals surface area contributed by atoms with Gasteiger partial charge in [-0.25, -0.2) is 9.78 Å². The fraction of sp³-hybridized carbons (Fsp3) is 0.367. The second-order valence-corrected chi connectivity index (χ2v) is 11.2. The van der Waals surface area contributed by atoms with Crippen LogP contribution in [0, 0.1) is 11.8 Å². The minimum absolute atomic E-state index is 0.0147. The van der Waals surface area contributed by atoms with Crippen molar-refractivity contribution in [3.05, 3.63) is 68.1 Å². The Labute approximate surface area is 254 Å². The molecule has 15 nitrogen and oxygen atoms in total. The molecule has 4 heterocycles. The van der Waals surface area contributed by atoms with Crippen molar-refractivity contribution in [2.24, 2.45) is 25.9 Å². The predicted molar refractivity (Wildman–Crippen MR) is 155 cm³/mol. The van der Waals surface area contributed by atoms with E-state index in [1.807, 2.05) is 0 Å². The Morgan fingerprint density at radius 3 is 2.33 bits per heavy atom. The number of aromatic nitrogens is 4. The minimum Gasteiger partial charge on any atom is -0.502 e. The molecule has 1 fully saturated rings. The van der Waals surface area contributed by atoms with E-state index in [-0.39, 0.29) is 48.4 Å². The van der Waals surface area contributed by atoms with Gasteiger partial charge in [0.25, 0.3) is 5.56 Å². The third-order valence-corrected chi connectivity index (χ3v) is 8.90. The molecular formula is C30H29N5O10. The number of cyclic esters (lactones) is 1. The summed E-state index contributed by atoms with van der Waals surface area (Å²) in [5, 5.41) is 13.6. The third-order valence-electron chi connectivity index (χ3n) is 8.90. The summed E-state index contributed by atoms with van der Waals surface area (Å²) in [5.74, 6) is -1.55. The molecule has 4 aromatic rings. The fourth-order valence-corrected chi connectivity index (χ4v) is 6.73. The molecule has 0 spiro atoms. The molecular weight excluding hydrogens is 590 g/mol. The molecule has 0 unspecified atom stereocenters. The number of hydrogen-bond donors (Lipinski definition) is 2. The number of aromatic hydroxyl groups is 1. The highest BCUT2D eigenvalue weighted by atomic mass is 16.7. The lowest BCUT2D eigenvalue weighted by atomic mass is 9.65. The van der Waals surface area contributed by atoms with Crippen LogP contribution < -0.4 is 35.5 Å². The normalized spacial score (nSPS) is 21.3. The molecule has 2 aromatic heterocycles. The number of benzene rings is 2. The summed E-state index contributed by atoms with van der Waals surface area (Å²) >= 11 is 0. The standard InChI is InChI=1S/C30H29N5O10/c1-33-27-25(28(38)34(2)30(33)40)35(11-31-27)9-21(36)32-24-15-8-18-17(44-12-45-18)7-14(15)22(23-16(24)10-43-29(23)39)13-5-19(41-3)26(37)20(6-13)42-4/h5-8,11,16,22-24,37H,9-10,12H2,1-4H3,(H,32,36)/t16-,22+,23-,24+/m0/s1. The number of nitrogens with zero attached hydrogens (tertiary/aromatic N) is 4. The third kappa shape index (κ3) is 4.21. The molecule has 0 radical (unpaired) electrons. The van der Waals surface area contributed by atoms with Gasteiger partial charge < -0.3 is 38.7 Å². The highest BCUT2D eigenvalue weighted by Crippen LogP contribution is 2.55. The Bertz CT molecular complexity index is 2000. The first-order chi connectivity index (χ1) is 21.6. The number of hydrogen-bond acceptors (Lipinski definition) is 11. The molecule has 2 aliphatic heterocycles. The molecule has 234 valence electrons. The Hall–Kier alpha value is -5.47. The van der Waals surface area contributed by atoms with Crippen molar-refractivity contribution in [3.8, 4) is 28.7 Å². The van der Waals surface area contributed by atoms with Crippen molar-refractivity contribution >= 4 is 23.0 Å². The van der Waals surface area contributed by atoms with E-state index in [9.17, 15) is 24.3 Å². The smallest absolute Gasteiger partial charge is 0.332 e. The molecule has 4 atom stereocenters. The van der Waals surface area contributed by atoms with Gasteiger partial charge in [-0.3, -0.25) is 23.5 Å². The molecule has 7 rings (SSSR count). The van der Waals surface area contributed by atoms with Gasteiger partial charge in [0.2, 0.25) is 18.4 Å². The lowest BCUT2D eigenvalue weighted by Gasteiger charge is -2.39. The maximum Gasteiger partial charge on any atom is 0.332 e. The van der Waals surface area contributed by atoms with E-state index in [2.05, 4.69) is 10.3 Å². The average Bonchev–Trinajstić information content (AvgIpc) is 3.77. The number of carbonyl (C=O) groups excluding carboxylic acids is 2. The number of carbonyl (C=O) groups is 2. The van der Waals surface area contributed by atoms with Crippen LogP contribution in [0.5, 0.6) is 28.7 Å².